The molecule has 1 aromatic carbocycles. The highest BCUT2D eigenvalue weighted by molar-refractivity contribution is 7.80. The molecule has 0 saturated heterocycles. The molecule has 1 aliphatic rings. The molecule has 6 heteroatoms. The Morgan fingerprint density at radius 2 is 1.84 bits per heavy atom. The number of hydrazine groups is 1. The summed E-state index contributed by atoms with van der Waals surface area (Å²) in [6.45, 7) is 8.47. The molecular weight excluding hydrogens is 334 g/mol. The molecule has 0 unspecified atom stereocenters. The van der Waals surface area contributed by atoms with E-state index in [1.54, 1.807) is 0 Å². The summed E-state index contributed by atoms with van der Waals surface area (Å²) in [5, 5.41) is 3.76. The van der Waals surface area contributed by atoms with Gasteiger partial charge >= 0.3 is 0 Å². The van der Waals surface area contributed by atoms with Crippen molar-refractivity contribution in [2.45, 2.75) is 53.0 Å². The number of aryl methyl sites for hydroxylation is 2. The smallest absolute Gasteiger partial charge is 0.276 e. The number of amides is 1. The Hall–Kier alpha value is -1.82. The number of carbonyl (C=O) groups is 1. The van der Waals surface area contributed by atoms with E-state index in [1.807, 2.05) is 26.0 Å². The minimum Gasteiger partial charge on any atom is -0.484 e. The maximum atomic E-state index is 11.9. The van der Waals surface area contributed by atoms with E-state index < -0.39 is 0 Å². The highest BCUT2D eigenvalue weighted by Gasteiger charge is 2.27. The fraction of sp³-hybridized carbons (Fsp3) is 0.579. The average Bonchev–Trinajstić information content (AvgIpc) is 2.54. The quantitative estimate of drug-likeness (QED) is 0.567. The Kier molecular flexibility index (Phi) is 7.05. The molecule has 0 bridgehead atoms. The lowest BCUT2D eigenvalue weighted by molar-refractivity contribution is -0.123. The molecule has 3 atom stereocenters. The fourth-order valence-corrected chi connectivity index (χ4v) is 3.52. The first-order valence-corrected chi connectivity index (χ1v) is 9.32. The average molecular weight is 364 g/mol. The molecule has 138 valence electrons. The van der Waals surface area contributed by atoms with Gasteiger partial charge in [-0.05, 0) is 67.6 Å². The van der Waals surface area contributed by atoms with Crippen LogP contribution >= 0.6 is 12.2 Å². The third-order valence-corrected chi connectivity index (χ3v) is 5.12. The van der Waals surface area contributed by atoms with Crippen molar-refractivity contribution in [1.82, 2.24) is 16.2 Å². The van der Waals surface area contributed by atoms with Crippen molar-refractivity contribution in [3.63, 3.8) is 0 Å². The van der Waals surface area contributed by atoms with Gasteiger partial charge in [0.05, 0.1) is 0 Å². The van der Waals surface area contributed by atoms with Crippen LogP contribution in [0.25, 0.3) is 0 Å². The van der Waals surface area contributed by atoms with E-state index in [9.17, 15) is 4.79 Å². The molecule has 0 spiro atoms. The van der Waals surface area contributed by atoms with E-state index in [1.165, 1.54) is 12.8 Å². The second-order valence-corrected chi connectivity index (χ2v) is 7.54. The zero-order chi connectivity index (χ0) is 18.4. The monoisotopic (exact) mass is 363 g/mol. The summed E-state index contributed by atoms with van der Waals surface area (Å²) in [6, 6.07) is 6.23. The highest BCUT2D eigenvalue weighted by atomic mass is 32.1. The summed E-state index contributed by atoms with van der Waals surface area (Å²) in [5.41, 5.74) is 7.56. The zero-order valence-electron chi connectivity index (χ0n) is 15.5. The molecule has 25 heavy (non-hydrogen) atoms. The van der Waals surface area contributed by atoms with E-state index in [0.717, 1.165) is 17.5 Å². The van der Waals surface area contributed by atoms with E-state index in [0.29, 0.717) is 28.7 Å². The Morgan fingerprint density at radius 3 is 2.52 bits per heavy atom. The molecule has 1 saturated carbocycles. The van der Waals surface area contributed by atoms with Gasteiger partial charge in [0.1, 0.15) is 5.75 Å². The first kappa shape index (κ1) is 19.5. The number of carbonyl (C=O) groups excluding carboxylic acids is 1. The van der Waals surface area contributed by atoms with Crippen LogP contribution in [0.5, 0.6) is 5.75 Å². The number of rotatable bonds is 4. The Morgan fingerprint density at radius 1 is 1.16 bits per heavy atom. The molecule has 2 rings (SSSR count). The fourth-order valence-electron chi connectivity index (χ4n) is 3.32. The lowest BCUT2D eigenvalue weighted by Gasteiger charge is -2.35. The maximum absolute atomic E-state index is 11.9. The second kappa shape index (κ2) is 9.04. The third kappa shape index (κ3) is 6.20. The van der Waals surface area contributed by atoms with Crippen molar-refractivity contribution in [3.8, 4) is 5.75 Å². The number of thiocarbonyl (C=S) groups is 1. The predicted molar refractivity (Wildman–Crippen MR) is 104 cm³/mol. The van der Waals surface area contributed by atoms with Crippen LogP contribution in [-0.4, -0.2) is 23.7 Å². The van der Waals surface area contributed by atoms with Crippen molar-refractivity contribution in [1.29, 1.82) is 0 Å². The van der Waals surface area contributed by atoms with Gasteiger partial charge in [0, 0.05) is 6.04 Å². The van der Waals surface area contributed by atoms with Gasteiger partial charge in [-0.15, -0.1) is 0 Å². The molecule has 1 aromatic rings. The Labute approximate surface area is 155 Å². The van der Waals surface area contributed by atoms with Crippen LogP contribution in [0.15, 0.2) is 18.2 Å². The predicted octanol–water partition coefficient (Wildman–Crippen LogP) is 3.00. The number of ether oxygens (including phenoxy) is 1. The van der Waals surface area contributed by atoms with Crippen LogP contribution in [0.3, 0.4) is 0 Å². The first-order valence-electron chi connectivity index (χ1n) is 8.91. The molecule has 3 N–H and O–H groups in total. The minimum absolute atomic E-state index is 0.0601. The van der Waals surface area contributed by atoms with Crippen molar-refractivity contribution < 1.29 is 9.53 Å². The molecule has 1 fully saturated rings. The molecule has 0 aromatic heterocycles. The number of benzene rings is 1. The van der Waals surface area contributed by atoms with Crippen LogP contribution in [0.1, 0.15) is 44.2 Å². The van der Waals surface area contributed by atoms with Crippen molar-refractivity contribution in [2.24, 2.45) is 11.8 Å². The number of hydrogen-bond acceptors (Lipinski definition) is 3. The van der Waals surface area contributed by atoms with E-state index in [2.05, 4.69) is 36.1 Å². The van der Waals surface area contributed by atoms with Crippen molar-refractivity contribution >= 4 is 23.2 Å². The summed E-state index contributed by atoms with van der Waals surface area (Å²) in [6.07, 6.45) is 3.59. The van der Waals surface area contributed by atoms with Gasteiger partial charge in [0.2, 0.25) is 0 Å². The number of nitrogens with one attached hydrogen (secondary N) is 3. The topological polar surface area (TPSA) is 62.4 Å². The molecule has 1 amide bonds. The van der Waals surface area contributed by atoms with Crippen molar-refractivity contribution in [3.05, 3.63) is 29.3 Å². The van der Waals surface area contributed by atoms with Crippen molar-refractivity contribution in [2.75, 3.05) is 6.61 Å². The Bertz CT molecular complexity index is 600. The SMILES string of the molecule is Cc1cc(C)cc(OCC(=O)NNC(=S)N[C@@H]2CCC[C@H](C)[C@@H]2C)c1. The van der Waals surface area contributed by atoms with Gasteiger partial charge in [-0.2, -0.15) is 0 Å². The normalized spacial score (nSPS) is 22.8. The van der Waals surface area contributed by atoms with Crippen LogP contribution in [0.4, 0.5) is 0 Å². The van der Waals surface area contributed by atoms with E-state index in [4.69, 9.17) is 17.0 Å². The third-order valence-electron chi connectivity index (χ3n) is 4.90. The number of hydrogen-bond donors (Lipinski definition) is 3. The maximum Gasteiger partial charge on any atom is 0.276 e. The minimum atomic E-state index is -0.270. The molecular formula is C19H29N3O2S. The van der Waals surface area contributed by atoms with Crippen LogP contribution in [0, 0.1) is 25.7 Å². The van der Waals surface area contributed by atoms with Gasteiger partial charge in [0.25, 0.3) is 5.91 Å². The first-order chi connectivity index (χ1) is 11.8. The lowest BCUT2D eigenvalue weighted by atomic mass is 9.78. The van der Waals surface area contributed by atoms with Gasteiger partial charge < -0.3 is 10.1 Å². The lowest BCUT2D eigenvalue weighted by Crippen LogP contribution is -2.53. The zero-order valence-corrected chi connectivity index (χ0v) is 16.3. The second-order valence-electron chi connectivity index (χ2n) is 7.13. The van der Waals surface area contributed by atoms with Crippen LogP contribution in [-0.2, 0) is 4.79 Å². The summed E-state index contributed by atoms with van der Waals surface area (Å²) in [7, 11) is 0. The van der Waals surface area contributed by atoms with E-state index >= 15 is 0 Å². The molecule has 0 radical (unpaired) electrons. The summed E-state index contributed by atoms with van der Waals surface area (Å²) in [4.78, 5) is 11.9. The van der Waals surface area contributed by atoms with Gasteiger partial charge in [0.15, 0.2) is 11.7 Å². The molecule has 0 aliphatic heterocycles. The largest absolute Gasteiger partial charge is 0.484 e. The molecule has 5 nitrogen and oxygen atoms in total. The standard InChI is InChI=1S/C19H29N3O2S/c1-12-8-13(2)10-16(9-12)24-11-18(23)21-22-19(25)20-17-7-5-6-14(3)15(17)4/h8-10,14-15,17H,5-7,11H2,1-4H3,(H,21,23)(H2,20,22,25)/t14-,15-,17+/m0/s1. The van der Waals surface area contributed by atoms with Crippen LogP contribution < -0.4 is 20.9 Å². The van der Waals surface area contributed by atoms with Gasteiger partial charge in [-0.1, -0.05) is 32.8 Å². The van der Waals surface area contributed by atoms with Gasteiger partial charge in [-0.25, -0.2) is 0 Å². The summed E-state index contributed by atoms with van der Waals surface area (Å²) < 4.78 is 5.53. The van der Waals surface area contributed by atoms with E-state index in [-0.39, 0.29) is 12.5 Å². The van der Waals surface area contributed by atoms with Crippen LogP contribution in [0.2, 0.25) is 0 Å². The van der Waals surface area contributed by atoms with Gasteiger partial charge in [-0.3, -0.25) is 15.6 Å². The summed E-state index contributed by atoms with van der Waals surface area (Å²) >= 11 is 5.28. The highest BCUT2D eigenvalue weighted by Crippen LogP contribution is 2.29. The summed E-state index contributed by atoms with van der Waals surface area (Å²) in [5.74, 6) is 1.68. The Balaban J connectivity index is 1.71. The molecule has 1 aliphatic carbocycles. The molecule has 0 heterocycles.